The average molecular weight is 468 g/mol. The van der Waals surface area contributed by atoms with Crippen LogP contribution in [0.25, 0.3) is 0 Å². The fraction of sp³-hybridized carbons (Fsp3) is 0.368. The minimum absolute atomic E-state index is 0.0688. The van der Waals surface area contributed by atoms with Gasteiger partial charge in [0.2, 0.25) is 0 Å². The Kier molecular flexibility index (Phi) is 7.03. The van der Waals surface area contributed by atoms with Crippen LogP contribution >= 0.6 is 11.3 Å². The predicted molar refractivity (Wildman–Crippen MR) is 118 cm³/mol. The van der Waals surface area contributed by atoms with Crippen molar-refractivity contribution in [2.45, 2.75) is 37.4 Å². The van der Waals surface area contributed by atoms with Gasteiger partial charge in [0.1, 0.15) is 0 Å². The zero-order valence-corrected chi connectivity index (χ0v) is 19.0. The summed E-state index contributed by atoms with van der Waals surface area (Å²) < 4.78 is 31.3. The molecule has 0 aliphatic carbocycles. The second kappa shape index (κ2) is 9.54. The minimum Gasteiger partial charge on any atom is -0.503 e. The second-order valence-corrected chi connectivity index (χ2v) is 9.66. The number of anilines is 3. The number of rotatable bonds is 10. The number of nitrogens with one attached hydrogen (secondary N) is 2. The summed E-state index contributed by atoms with van der Waals surface area (Å²) in [5.74, 6) is -0.405. The molecule has 0 saturated carbocycles. The third-order valence-corrected chi connectivity index (χ3v) is 8.34. The Hall–Kier alpha value is -2.83. The Morgan fingerprint density at radius 1 is 1.26 bits per heavy atom. The second-order valence-electron chi connectivity index (χ2n) is 6.64. The molecule has 168 valence electrons. The van der Waals surface area contributed by atoms with Crippen LogP contribution in [0.4, 0.5) is 17.3 Å². The number of nitrogens with zero attached hydrogens (tertiary/aromatic N) is 3. The molecule has 2 aromatic heterocycles. The lowest BCUT2D eigenvalue weighted by atomic mass is 10.0. The van der Waals surface area contributed by atoms with Crippen LogP contribution in [0.2, 0.25) is 0 Å². The molecule has 0 aliphatic heterocycles. The van der Waals surface area contributed by atoms with E-state index < -0.39 is 15.8 Å². The largest absolute Gasteiger partial charge is 0.503 e. The molecule has 0 saturated heterocycles. The molecule has 0 radical (unpaired) electrons. The summed E-state index contributed by atoms with van der Waals surface area (Å²) in [4.78, 5) is 0.162. The highest BCUT2D eigenvalue weighted by Gasteiger charge is 2.31. The molecule has 1 aromatic carbocycles. The standard InChI is InChI=1S/C19H25N5O5S2/c1-4-14(13-10-8-7-9-11-13)20-17-18(24(26)29-22-17)21-15-12-30-19(16(15)25)31(27,28)23(5-2)6-3/h7-12,14,21,25H,4-6H2,1-3H3,(H,20,22)/t14-/m1/s1. The maximum absolute atomic E-state index is 12.7. The first-order valence-electron chi connectivity index (χ1n) is 9.82. The quantitative estimate of drug-likeness (QED) is 0.386. The molecule has 1 atom stereocenters. The molecule has 0 unspecified atom stereocenters. The summed E-state index contributed by atoms with van der Waals surface area (Å²) in [7, 11) is -3.85. The van der Waals surface area contributed by atoms with Crippen LogP contribution in [-0.4, -0.2) is 36.1 Å². The smallest absolute Gasteiger partial charge is 0.324 e. The van der Waals surface area contributed by atoms with Gasteiger partial charge in [0, 0.05) is 18.5 Å². The third kappa shape index (κ3) is 4.60. The molecule has 0 spiro atoms. The zero-order chi connectivity index (χ0) is 22.6. The van der Waals surface area contributed by atoms with Gasteiger partial charge >= 0.3 is 5.82 Å². The first-order chi connectivity index (χ1) is 14.8. The van der Waals surface area contributed by atoms with Gasteiger partial charge in [-0.3, -0.25) is 5.32 Å². The molecule has 3 N–H and O–H groups in total. The Morgan fingerprint density at radius 2 is 1.94 bits per heavy atom. The van der Waals surface area contributed by atoms with Gasteiger partial charge < -0.3 is 20.3 Å². The van der Waals surface area contributed by atoms with E-state index in [2.05, 4.69) is 15.8 Å². The SMILES string of the molecule is CC[C@@H](Nc1no[n+]([O-])c1Nc1csc(S(=O)(=O)N(CC)CC)c1O)c1ccccc1. The van der Waals surface area contributed by atoms with Crippen LogP contribution in [0.5, 0.6) is 5.75 Å². The van der Waals surface area contributed by atoms with Crippen molar-refractivity contribution in [3.8, 4) is 5.75 Å². The number of hydrogen-bond acceptors (Lipinski definition) is 9. The summed E-state index contributed by atoms with van der Waals surface area (Å²) >= 11 is 0.866. The predicted octanol–water partition coefficient (Wildman–Crippen LogP) is 3.41. The van der Waals surface area contributed by atoms with Crippen molar-refractivity contribution in [3.05, 3.63) is 46.5 Å². The van der Waals surface area contributed by atoms with Crippen LogP contribution in [-0.2, 0) is 10.0 Å². The Bertz CT molecular complexity index is 1110. The molecular formula is C19H25N5O5S2. The lowest BCUT2D eigenvalue weighted by Gasteiger charge is -2.17. The van der Waals surface area contributed by atoms with Crippen LogP contribution in [0.1, 0.15) is 38.8 Å². The van der Waals surface area contributed by atoms with Crippen molar-refractivity contribution in [2.75, 3.05) is 23.7 Å². The minimum atomic E-state index is -3.85. The van der Waals surface area contributed by atoms with Crippen molar-refractivity contribution >= 4 is 38.7 Å². The highest BCUT2D eigenvalue weighted by atomic mass is 32.2. The van der Waals surface area contributed by atoms with Crippen molar-refractivity contribution < 1.29 is 23.1 Å². The van der Waals surface area contributed by atoms with Crippen LogP contribution in [0.3, 0.4) is 0 Å². The van der Waals surface area contributed by atoms with Gasteiger partial charge in [-0.15, -0.1) is 11.3 Å². The summed E-state index contributed by atoms with van der Waals surface area (Å²) in [6.45, 7) is 5.97. The molecule has 3 rings (SSSR count). The van der Waals surface area contributed by atoms with E-state index in [9.17, 15) is 18.7 Å². The van der Waals surface area contributed by atoms with Gasteiger partial charge in [0.15, 0.2) is 15.6 Å². The van der Waals surface area contributed by atoms with Crippen molar-refractivity contribution in [1.82, 2.24) is 9.46 Å². The molecule has 0 fully saturated rings. The highest BCUT2D eigenvalue weighted by Crippen LogP contribution is 2.41. The fourth-order valence-electron chi connectivity index (χ4n) is 3.13. The van der Waals surface area contributed by atoms with Crippen LogP contribution in [0, 0.1) is 5.21 Å². The summed E-state index contributed by atoms with van der Waals surface area (Å²) in [6, 6.07) is 9.51. The Morgan fingerprint density at radius 3 is 2.55 bits per heavy atom. The van der Waals surface area contributed by atoms with E-state index in [1.807, 2.05) is 37.3 Å². The molecule has 12 heteroatoms. The first-order valence-corrected chi connectivity index (χ1v) is 12.1. The number of aromatic nitrogens is 2. The number of hydrogen-bond donors (Lipinski definition) is 3. The molecule has 3 aromatic rings. The van der Waals surface area contributed by atoms with Gasteiger partial charge in [0.25, 0.3) is 15.8 Å². The Labute approximate surface area is 184 Å². The van der Waals surface area contributed by atoms with Crippen molar-refractivity contribution in [3.63, 3.8) is 0 Å². The van der Waals surface area contributed by atoms with E-state index >= 15 is 0 Å². The average Bonchev–Trinajstić information content (AvgIpc) is 3.31. The molecule has 2 heterocycles. The number of benzene rings is 1. The van der Waals surface area contributed by atoms with Gasteiger partial charge in [0.05, 0.1) is 6.04 Å². The summed E-state index contributed by atoms with van der Waals surface area (Å²) in [5, 5.41) is 33.8. The maximum atomic E-state index is 12.7. The van der Waals surface area contributed by atoms with Gasteiger partial charge in [-0.1, -0.05) is 56.0 Å². The first kappa shape index (κ1) is 22.8. The van der Waals surface area contributed by atoms with E-state index in [0.717, 1.165) is 16.9 Å². The van der Waals surface area contributed by atoms with E-state index in [4.69, 9.17) is 4.63 Å². The Balaban J connectivity index is 1.88. The third-order valence-electron chi connectivity index (χ3n) is 4.80. The molecule has 0 aliphatic rings. The summed E-state index contributed by atoms with van der Waals surface area (Å²) in [5.41, 5.74) is 1.07. The van der Waals surface area contributed by atoms with Crippen molar-refractivity contribution in [2.24, 2.45) is 0 Å². The molecule has 0 bridgehead atoms. The van der Waals surface area contributed by atoms with E-state index in [-0.39, 0.29) is 45.6 Å². The topological polar surface area (TPSA) is 135 Å². The monoisotopic (exact) mass is 467 g/mol. The van der Waals surface area contributed by atoms with Gasteiger partial charge in [-0.2, -0.15) is 4.31 Å². The van der Waals surface area contributed by atoms with E-state index in [1.54, 1.807) is 13.8 Å². The van der Waals surface area contributed by atoms with Gasteiger partial charge in [-0.25, -0.2) is 8.42 Å². The molecule has 10 nitrogen and oxygen atoms in total. The number of sulfonamides is 1. The lowest BCUT2D eigenvalue weighted by molar-refractivity contribution is -0.790. The highest BCUT2D eigenvalue weighted by molar-refractivity contribution is 7.91. The number of thiophene rings is 1. The maximum Gasteiger partial charge on any atom is 0.324 e. The molecule has 31 heavy (non-hydrogen) atoms. The molecular weight excluding hydrogens is 442 g/mol. The van der Waals surface area contributed by atoms with Crippen LogP contribution in [0.15, 0.2) is 44.6 Å². The van der Waals surface area contributed by atoms with E-state index in [1.165, 1.54) is 9.69 Å². The summed E-state index contributed by atoms with van der Waals surface area (Å²) in [6.07, 6.45) is 0.713. The number of aromatic hydroxyl groups is 1. The fourth-order valence-corrected chi connectivity index (χ4v) is 5.97. The van der Waals surface area contributed by atoms with Crippen LogP contribution < -0.4 is 15.5 Å². The zero-order valence-electron chi connectivity index (χ0n) is 17.4. The van der Waals surface area contributed by atoms with E-state index in [0.29, 0.717) is 6.42 Å². The normalized spacial score (nSPS) is 12.8. The van der Waals surface area contributed by atoms with Crippen molar-refractivity contribution in [1.29, 1.82) is 0 Å². The lowest BCUT2D eigenvalue weighted by Crippen LogP contribution is -2.30. The molecule has 0 amide bonds. The van der Waals surface area contributed by atoms with Gasteiger partial charge in [-0.05, 0) is 17.1 Å².